The summed E-state index contributed by atoms with van der Waals surface area (Å²) in [5.41, 5.74) is 0. The molecular weight excluding hydrogens is 1240 g/mol. The molecule has 0 fully saturated rings. The van der Waals surface area contributed by atoms with Crippen molar-refractivity contribution in [2.45, 2.75) is 28.5 Å². The standard InChI is InChI=1S/C28H27O6P2.C27H25O6P2.4ClH.2Ni/c29-35(31-25-15-5-1-6-16-25,32-26-17-7-2-8-18-26)23-13-14-24-36(30,33-27-19-9-3-10-20-27)34-28-21-11-4-12-22-28;28-34(30-24-14-5-1-6-15-24,31-25-16-7-2-8-17-25)22-13-23-35(29,32-26-18-9-3-10-19-26)33-27-20-11-4-12-21-27;;;;;;/h1-12,15-23H,13-14,24H2;1-12,14-22H,13,23H2;4*1H;;/q;;;;;;2*+2/p-4. The van der Waals surface area contributed by atoms with E-state index in [4.69, 9.17) is 77.0 Å². The zero-order chi connectivity index (χ0) is 54.3. The molecule has 0 aliphatic rings. The monoisotopic (exact) mass is 1280 g/mol. The molecule has 77 heavy (non-hydrogen) atoms. The molecular formula is C55H52Cl4Ni2O12P4. The van der Waals surface area contributed by atoms with Gasteiger partial charge in [-0.05, 0) is 0 Å². The summed E-state index contributed by atoms with van der Waals surface area (Å²) < 4.78 is 110. The molecule has 0 aromatic heterocycles. The third-order valence-electron chi connectivity index (χ3n) is 10.6. The third kappa shape index (κ3) is 16.2. The molecule has 2 unspecified atom stereocenters. The predicted octanol–water partition coefficient (Wildman–Crippen LogP) is 19.1. The Labute approximate surface area is 469 Å². The van der Waals surface area contributed by atoms with Crippen molar-refractivity contribution < 1.29 is 72.3 Å². The van der Waals surface area contributed by atoms with Crippen molar-refractivity contribution >= 4 is 71.2 Å². The molecule has 0 amide bonds. The maximum atomic E-state index is 16.5. The van der Waals surface area contributed by atoms with Gasteiger partial charge >= 0.3 is 473 Å². The zero-order valence-electron chi connectivity index (χ0n) is 40.6. The molecule has 2 atom stereocenters. The van der Waals surface area contributed by atoms with Crippen LogP contribution in [0.4, 0.5) is 0 Å². The van der Waals surface area contributed by atoms with Crippen LogP contribution in [0.2, 0.25) is 0 Å². The van der Waals surface area contributed by atoms with Crippen molar-refractivity contribution in [3.05, 3.63) is 243 Å². The second-order valence-electron chi connectivity index (χ2n) is 16.3. The van der Waals surface area contributed by atoms with Gasteiger partial charge in [0, 0.05) is 0 Å². The summed E-state index contributed by atoms with van der Waals surface area (Å²) in [5, 5.41) is 0. The molecule has 0 radical (unpaired) electrons. The van der Waals surface area contributed by atoms with E-state index in [2.05, 4.69) is 0 Å². The normalized spacial score (nSPS) is 13.5. The number of benzene rings is 8. The number of hydrogen-bond donors (Lipinski definition) is 0. The van der Waals surface area contributed by atoms with Gasteiger partial charge < -0.3 is 0 Å². The van der Waals surface area contributed by atoms with E-state index in [0.717, 1.165) is 0 Å². The molecule has 0 saturated heterocycles. The molecule has 0 aliphatic carbocycles. The van der Waals surface area contributed by atoms with Gasteiger partial charge in [-0.1, -0.05) is 0 Å². The molecule has 8 aromatic carbocycles. The molecule has 0 bridgehead atoms. The Bertz CT molecular complexity index is 3100. The van der Waals surface area contributed by atoms with E-state index in [1.165, 1.54) is 0 Å². The summed E-state index contributed by atoms with van der Waals surface area (Å²) in [7, 11) is 4.81. The Balaban J connectivity index is 1.27. The van der Waals surface area contributed by atoms with Crippen LogP contribution in [0.5, 0.6) is 46.0 Å². The van der Waals surface area contributed by atoms with Crippen LogP contribution >= 0.6 is 71.2 Å². The van der Waals surface area contributed by atoms with Gasteiger partial charge in [0.25, 0.3) is 0 Å². The fourth-order valence-corrected chi connectivity index (χ4v) is 37.4. The molecule has 412 valence electrons. The van der Waals surface area contributed by atoms with E-state index < -0.39 is 70.1 Å². The van der Waals surface area contributed by atoms with Gasteiger partial charge in [0.05, 0.1) is 0 Å². The summed E-state index contributed by atoms with van der Waals surface area (Å²) >= 11 is 0. The van der Waals surface area contributed by atoms with Gasteiger partial charge in [0.15, 0.2) is 0 Å². The van der Waals surface area contributed by atoms with Crippen LogP contribution in [0.25, 0.3) is 0 Å². The van der Waals surface area contributed by atoms with Gasteiger partial charge in [-0.15, -0.1) is 0 Å². The van der Waals surface area contributed by atoms with Crippen molar-refractivity contribution in [3.63, 3.8) is 0 Å². The van der Waals surface area contributed by atoms with Gasteiger partial charge in [-0.2, -0.15) is 0 Å². The van der Waals surface area contributed by atoms with Gasteiger partial charge in [0.1, 0.15) is 0 Å². The zero-order valence-corrected chi connectivity index (χ0v) is 49.2. The Morgan fingerprint density at radius 2 is 0.481 bits per heavy atom. The van der Waals surface area contributed by atoms with Gasteiger partial charge in [0.2, 0.25) is 0 Å². The number of para-hydroxylation sites is 8. The molecule has 0 spiro atoms. The first-order chi connectivity index (χ1) is 37.1. The van der Waals surface area contributed by atoms with E-state index in [1.807, 2.05) is 0 Å². The predicted molar refractivity (Wildman–Crippen MR) is 302 cm³/mol. The minimum atomic E-state index is -4.95. The van der Waals surface area contributed by atoms with Crippen LogP contribution in [-0.2, 0) is 36.1 Å². The van der Waals surface area contributed by atoms with Crippen LogP contribution in [-0.4, -0.2) is 21.6 Å². The summed E-state index contributed by atoms with van der Waals surface area (Å²) in [6.07, 6.45) is -1.83. The SMILES string of the molecule is O=P(CCC[CH](P(=O)(Oc1ccccc1)Oc1ccccc1)[Ni]([Cl])([Cl])[Ni]([Cl])([Cl])[CH](CCP(=O)(Oc1ccccc1)Oc1ccccc1)P(=O)(Oc1ccccc1)Oc1ccccc1)(Oc1ccccc1)Oc1ccccc1. The molecule has 22 heteroatoms. The van der Waals surface area contributed by atoms with Crippen LogP contribution in [0.3, 0.4) is 0 Å². The van der Waals surface area contributed by atoms with E-state index >= 15 is 18.3 Å². The molecule has 0 aliphatic heterocycles. The van der Waals surface area contributed by atoms with Crippen molar-refractivity contribution in [3.8, 4) is 46.0 Å². The maximum absolute atomic E-state index is 16.5. The first-order valence-corrected chi connectivity index (χ1v) is 38.4. The second-order valence-corrected chi connectivity index (χ2v) is 42.5. The minimum absolute atomic E-state index is 0.0759. The average molecular weight is 1290 g/mol. The van der Waals surface area contributed by atoms with Crippen molar-refractivity contribution in [1.29, 1.82) is 0 Å². The molecule has 8 aromatic rings. The topological polar surface area (TPSA) is 142 Å². The van der Waals surface area contributed by atoms with Crippen molar-refractivity contribution in [1.82, 2.24) is 0 Å². The van der Waals surface area contributed by atoms with Crippen molar-refractivity contribution in [2.24, 2.45) is 0 Å². The second kappa shape index (κ2) is 26.9. The molecule has 12 nitrogen and oxygen atoms in total. The fraction of sp³-hybridized carbons (Fsp3) is 0.127. The van der Waals surface area contributed by atoms with Crippen LogP contribution in [0.15, 0.2) is 243 Å². The Morgan fingerprint density at radius 3 is 0.714 bits per heavy atom. The Hall–Kier alpha value is -4.77. The van der Waals surface area contributed by atoms with Crippen molar-refractivity contribution in [2.75, 3.05) is 12.3 Å². The van der Waals surface area contributed by atoms with E-state index in [0.29, 0.717) is 0 Å². The number of rotatable bonds is 28. The van der Waals surface area contributed by atoms with E-state index in [-0.39, 0.29) is 65.0 Å². The Morgan fingerprint density at radius 1 is 0.286 bits per heavy atom. The molecule has 0 heterocycles. The molecule has 0 N–H and O–H groups in total. The van der Waals surface area contributed by atoms with Gasteiger partial charge in [-0.3, -0.25) is 0 Å². The number of halogens is 4. The molecule has 0 saturated carbocycles. The van der Waals surface area contributed by atoms with Crippen LogP contribution in [0.1, 0.15) is 19.3 Å². The van der Waals surface area contributed by atoms with Crippen LogP contribution < -0.4 is 36.2 Å². The first-order valence-electron chi connectivity index (χ1n) is 23.5. The van der Waals surface area contributed by atoms with E-state index in [9.17, 15) is 0 Å². The fourth-order valence-electron chi connectivity index (χ4n) is 7.16. The van der Waals surface area contributed by atoms with E-state index in [1.54, 1.807) is 243 Å². The summed E-state index contributed by atoms with van der Waals surface area (Å²) in [6.45, 7) is 0. The summed E-state index contributed by atoms with van der Waals surface area (Å²) in [6, 6.07) is 66.3. The summed E-state index contributed by atoms with van der Waals surface area (Å²) in [4.78, 5) is 0. The Kier molecular flexibility index (Phi) is 20.4. The summed E-state index contributed by atoms with van der Waals surface area (Å²) in [5.74, 6) is 1.25. The first kappa shape index (κ1) is 58.4. The molecule has 8 rings (SSSR count). The average Bonchev–Trinajstić information content (AvgIpc) is 3.44. The number of hydrogen-bond acceptors (Lipinski definition) is 12. The third-order valence-corrected chi connectivity index (χ3v) is 44.5. The quantitative estimate of drug-likeness (QED) is 0.0340. The van der Waals surface area contributed by atoms with Crippen LogP contribution in [0, 0.1) is 0 Å². The van der Waals surface area contributed by atoms with Gasteiger partial charge in [-0.25, -0.2) is 0 Å².